The average Bonchev–Trinajstić information content (AvgIpc) is 2.77. The summed E-state index contributed by atoms with van der Waals surface area (Å²) in [5.74, 6) is 0.762. The van der Waals surface area contributed by atoms with Crippen molar-refractivity contribution < 1.29 is 8.42 Å². The molecule has 2 aliphatic rings. The van der Waals surface area contributed by atoms with Gasteiger partial charge in [0.1, 0.15) is 0 Å². The van der Waals surface area contributed by atoms with E-state index in [2.05, 4.69) is 6.58 Å². The van der Waals surface area contributed by atoms with Crippen molar-refractivity contribution in [3.63, 3.8) is 0 Å². The first-order valence-electron chi connectivity index (χ1n) is 5.12. The van der Waals surface area contributed by atoms with E-state index in [0.717, 1.165) is 30.6 Å². The van der Waals surface area contributed by atoms with E-state index < -0.39 is 10.0 Å². The first-order valence-corrected chi connectivity index (χ1v) is 6.62. The summed E-state index contributed by atoms with van der Waals surface area (Å²) >= 11 is 0. The second kappa shape index (κ2) is 3.07. The van der Waals surface area contributed by atoms with Gasteiger partial charge in [0.25, 0.3) is 0 Å². The van der Waals surface area contributed by atoms with E-state index in [1.807, 2.05) is 0 Å². The monoisotopic (exact) mass is 215 g/mol. The zero-order valence-electron chi connectivity index (χ0n) is 8.57. The van der Waals surface area contributed by atoms with Crippen molar-refractivity contribution in [1.29, 1.82) is 0 Å². The van der Waals surface area contributed by atoms with Crippen LogP contribution in [0.1, 0.15) is 32.1 Å². The summed E-state index contributed by atoms with van der Waals surface area (Å²) < 4.78 is 24.9. The molecule has 4 heteroatoms. The third kappa shape index (κ3) is 1.32. The summed E-state index contributed by atoms with van der Waals surface area (Å²) in [5.41, 5.74) is -0.0717. The molecule has 2 fully saturated rings. The van der Waals surface area contributed by atoms with Crippen LogP contribution in [0.3, 0.4) is 0 Å². The highest BCUT2D eigenvalue weighted by Gasteiger charge is 2.50. The van der Waals surface area contributed by atoms with Crippen LogP contribution in [0, 0.1) is 5.92 Å². The minimum absolute atomic E-state index is 0.0717. The molecule has 2 saturated carbocycles. The van der Waals surface area contributed by atoms with Gasteiger partial charge in [0.15, 0.2) is 0 Å². The van der Waals surface area contributed by atoms with Gasteiger partial charge in [-0.25, -0.2) is 8.42 Å². The van der Waals surface area contributed by atoms with Crippen LogP contribution in [0.5, 0.6) is 0 Å². The number of nitrogens with zero attached hydrogens (tertiary/aromatic N) is 1. The van der Waals surface area contributed by atoms with E-state index >= 15 is 0 Å². The Bertz CT molecular complexity index is 339. The Kier molecular flexibility index (Phi) is 2.23. The highest BCUT2D eigenvalue weighted by molar-refractivity contribution is 7.92. The van der Waals surface area contributed by atoms with Crippen molar-refractivity contribution in [2.75, 3.05) is 7.05 Å². The van der Waals surface area contributed by atoms with Crippen LogP contribution in [0.2, 0.25) is 0 Å². The molecule has 0 atom stereocenters. The molecular weight excluding hydrogens is 198 g/mol. The quantitative estimate of drug-likeness (QED) is 0.719. The Balaban J connectivity index is 2.27. The molecule has 0 N–H and O–H groups in total. The second-order valence-corrected chi connectivity index (χ2v) is 6.46. The van der Waals surface area contributed by atoms with Gasteiger partial charge in [0.05, 0.1) is 0 Å². The van der Waals surface area contributed by atoms with Gasteiger partial charge in [-0.2, -0.15) is 4.31 Å². The molecule has 0 saturated heterocycles. The molecule has 80 valence electrons. The molecule has 3 nitrogen and oxygen atoms in total. The molecule has 0 aromatic carbocycles. The summed E-state index contributed by atoms with van der Waals surface area (Å²) in [4.78, 5) is 0. The zero-order chi connectivity index (χ0) is 10.4. The second-order valence-electron chi connectivity index (χ2n) is 4.55. The zero-order valence-corrected chi connectivity index (χ0v) is 9.39. The topological polar surface area (TPSA) is 37.4 Å². The lowest BCUT2D eigenvalue weighted by molar-refractivity contribution is 0.225. The van der Waals surface area contributed by atoms with Crippen molar-refractivity contribution in [3.8, 4) is 0 Å². The fourth-order valence-electron chi connectivity index (χ4n) is 2.99. The summed E-state index contributed by atoms with van der Waals surface area (Å²) in [7, 11) is -1.53. The Hall–Kier alpha value is -0.350. The van der Waals surface area contributed by atoms with Crippen molar-refractivity contribution in [3.05, 3.63) is 12.0 Å². The summed E-state index contributed by atoms with van der Waals surface area (Å²) in [5, 5.41) is 1.06. The van der Waals surface area contributed by atoms with Gasteiger partial charge in [-0.3, -0.25) is 0 Å². The van der Waals surface area contributed by atoms with Gasteiger partial charge < -0.3 is 0 Å². The predicted octanol–water partition coefficient (Wildman–Crippen LogP) is 1.72. The van der Waals surface area contributed by atoms with E-state index in [1.54, 1.807) is 11.4 Å². The van der Waals surface area contributed by atoms with Gasteiger partial charge in [-0.1, -0.05) is 6.58 Å². The molecule has 2 bridgehead atoms. The van der Waals surface area contributed by atoms with E-state index in [-0.39, 0.29) is 5.54 Å². The van der Waals surface area contributed by atoms with Crippen LogP contribution < -0.4 is 0 Å². The van der Waals surface area contributed by atoms with Crippen LogP contribution >= 0.6 is 0 Å². The number of sulfonamides is 1. The Labute approximate surface area is 85.8 Å². The largest absolute Gasteiger partial charge is 0.235 e. The number of hydrogen-bond donors (Lipinski definition) is 0. The fourth-order valence-corrected chi connectivity index (χ4v) is 4.01. The van der Waals surface area contributed by atoms with Gasteiger partial charge in [0, 0.05) is 18.0 Å². The molecule has 2 rings (SSSR count). The van der Waals surface area contributed by atoms with Gasteiger partial charge in [-0.05, 0) is 38.0 Å². The summed E-state index contributed by atoms with van der Waals surface area (Å²) in [6.45, 7) is 3.37. The van der Waals surface area contributed by atoms with Crippen LogP contribution in [0.15, 0.2) is 12.0 Å². The first-order chi connectivity index (χ1) is 6.50. The molecule has 14 heavy (non-hydrogen) atoms. The standard InChI is InChI=1S/C10H17NO2S/c1-3-14(12,13)11(2)10-6-4-9(8-10)5-7-10/h3,9H,1,4-8H2,2H3. The Morgan fingerprint density at radius 3 is 2.36 bits per heavy atom. The number of hydrogen-bond acceptors (Lipinski definition) is 2. The lowest BCUT2D eigenvalue weighted by atomic mass is 9.94. The number of rotatable bonds is 3. The maximum absolute atomic E-state index is 11.7. The summed E-state index contributed by atoms with van der Waals surface area (Å²) in [6, 6.07) is 0. The molecule has 0 unspecified atom stereocenters. The van der Waals surface area contributed by atoms with Crippen molar-refractivity contribution in [2.24, 2.45) is 5.92 Å². The Morgan fingerprint density at radius 2 is 2.00 bits per heavy atom. The smallest absolute Gasteiger partial charge is 0.208 e. The normalized spacial score (nSPS) is 36.6. The molecule has 0 radical (unpaired) electrons. The highest BCUT2D eigenvalue weighted by Crippen LogP contribution is 2.51. The summed E-state index contributed by atoms with van der Waals surface area (Å²) in [6.07, 6.45) is 5.49. The highest BCUT2D eigenvalue weighted by atomic mass is 32.2. The maximum Gasteiger partial charge on any atom is 0.235 e. The van der Waals surface area contributed by atoms with E-state index in [9.17, 15) is 8.42 Å². The molecule has 0 aromatic rings. The van der Waals surface area contributed by atoms with E-state index in [0.29, 0.717) is 0 Å². The Morgan fingerprint density at radius 1 is 1.43 bits per heavy atom. The van der Waals surface area contributed by atoms with Crippen LogP contribution in [-0.2, 0) is 10.0 Å². The van der Waals surface area contributed by atoms with Gasteiger partial charge in [-0.15, -0.1) is 0 Å². The SMILES string of the molecule is C=CS(=O)(=O)N(C)C12CCC(CC1)C2. The lowest BCUT2D eigenvalue weighted by Crippen LogP contribution is -2.45. The third-order valence-electron chi connectivity index (χ3n) is 3.96. The minimum Gasteiger partial charge on any atom is -0.208 e. The first kappa shape index (κ1) is 10.2. The molecule has 0 aromatic heterocycles. The van der Waals surface area contributed by atoms with Gasteiger partial charge in [0.2, 0.25) is 10.0 Å². The maximum atomic E-state index is 11.7. The average molecular weight is 215 g/mol. The van der Waals surface area contributed by atoms with Crippen LogP contribution in [0.4, 0.5) is 0 Å². The molecule has 0 heterocycles. The lowest BCUT2D eigenvalue weighted by Gasteiger charge is -2.35. The van der Waals surface area contributed by atoms with Crippen LogP contribution in [0.25, 0.3) is 0 Å². The fraction of sp³-hybridized carbons (Fsp3) is 0.800. The van der Waals surface area contributed by atoms with E-state index in [4.69, 9.17) is 0 Å². The molecule has 0 amide bonds. The van der Waals surface area contributed by atoms with Gasteiger partial charge >= 0.3 is 0 Å². The molecule has 2 aliphatic carbocycles. The van der Waals surface area contributed by atoms with Crippen molar-refractivity contribution in [1.82, 2.24) is 4.31 Å². The molecule has 0 spiro atoms. The molecular formula is C10H17NO2S. The minimum atomic E-state index is -3.23. The third-order valence-corrected chi connectivity index (χ3v) is 5.54. The predicted molar refractivity (Wildman–Crippen MR) is 56.2 cm³/mol. The van der Waals surface area contributed by atoms with Crippen molar-refractivity contribution in [2.45, 2.75) is 37.6 Å². The number of fused-ring (bicyclic) bond motifs is 2. The molecule has 0 aliphatic heterocycles. The van der Waals surface area contributed by atoms with Crippen LogP contribution in [-0.4, -0.2) is 25.3 Å². The van der Waals surface area contributed by atoms with Crippen molar-refractivity contribution >= 4 is 10.0 Å². The van der Waals surface area contributed by atoms with E-state index in [1.165, 1.54) is 12.8 Å².